The van der Waals surface area contributed by atoms with Gasteiger partial charge in [-0.25, -0.2) is 9.50 Å². The van der Waals surface area contributed by atoms with Gasteiger partial charge in [-0.15, -0.1) is 5.10 Å². The molecule has 7 heteroatoms. The first kappa shape index (κ1) is 19.4. The molecule has 1 atom stereocenters. The van der Waals surface area contributed by atoms with E-state index in [0.717, 1.165) is 61.6 Å². The zero-order valence-electron chi connectivity index (χ0n) is 17.2. The lowest BCUT2D eigenvalue weighted by atomic mass is 9.97. The Morgan fingerprint density at radius 1 is 1.07 bits per heavy atom. The van der Waals surface area contributed by atoms with Crippen LogP contribution in [0.5, 0.6) is 0 Å². The molecule has 156 valence electrons. The van der Waals surface area contributed by atoms with Gasteiger partial charge < -0.3 is 9.80 Å². The molecule has 3 aromatic rings. The average molecular weight is 424 g/mol. The summed E-state index contributed by atoms with van der Waals surface area (Å²) in [5, 5.41) is 5.37. The standard InChI is InChI=1S/C23H26ClN5O/c1-16-7-8-17(24)14-18(16)23(30)28-13-3-2-6-20(28)19-15-29-21(25-19)9-10-22(26-29)27-11-4-5-12-27/h7-10,14-15,20H,2-6,11-13H2,1H3/t20-/m0/s1. The van der Waals surface area contributed by atoms with E-state index in [9.17, 15) is 4.79 Å². The fourth-order valence-corrected chi connectivity index (χ4v) is 4.80. The lowest BCUT2D eigenvalue weighted by Crippen LogP contribution is -2.39. The molecule has 0 unspecified atom stereocenters. The molecule has 1 amide bonds. The predicted molar refractivity (Wildman–Crippen MR) is 118 cm³/mol. The van der Waals surface area contributed by atoms with Gasteiger partial charge in [0.1, 0.15) is 5.82 Å². The molecule has 6 nitrogen and oxygen atoms in total. The van der Waals surface area contributed by atoms with Crippen LogP contribution in [0.15, 0.2) is 36.5 Å². The van der Waals surface area contributed by atoms with Crippen molar-refractivity contribution in [1.82, 2.24) is 19.5 Å². The monoisotopic (exact) mass is 423 g/mol. The number of benzene rings is 1. The number of rotatable bonds is 3. The fourth-order valence-electron chi connectivity index (χ4n) is 4.63. The molecular weight excluding hydrogens is 398 g/mol. The van der Waals surface area contributed by atoms with E-state index in [4.69, 9.17) is 21.7 Å². The molecule has 4 heterocycles. The number of aromatic nitrogens is 3. The molecule has 30 heavy (non-hydrogen) atoms. The molecule has 2 aliphatic rings. The molecule has 0 radical (unpaired) electrons. The van der Waals surface area contributed by atoms with Crippen molar-refractivity contribution in [3.05, 3.63) is 58.4 Å². The van der Waals surface area contributed by atoms with Crippen molar-refractivity contribution < 1.29 is 4.79 Å². The minimum absolute atomic E-state index is 0.0301. The summed E-state index contributed by atoms with van der Waals surface area (Å²) in [5.41, 5.74) is 3.35. The summed E-state index contributed by atoms with van der Waals surface area (Å²) in [4.78, 5) is 22.5. The zero-order chi connectivity index (χ0) is 20.7. The van der Waals surface area contributed by atoms with Crippen molar-refractivity contribution in [2.75, 3.05) is 24.5 Å². The van der Waals surface area contributed by atoms with Crippen LogP contribution in [-0.4, -0.2) is 45.0 Å². The Morgan fingerprint density at radius 2 is 1.87 bits per heavy atom. The molecular formula is C23H26ClN5O. The number of amides is 1. The maximum Gasteiger partial charge on any atom is 0.254 e. The van der Waals surface area contributed by atoms with Gasteiger partial charge in [0.2, 0.25) is 0 Å². The van der Waals surface area contributed by atoms with E-state index in [0.29, 0.717) is 10.6 Å². The molecule has 0 spiro atoms. The molecule has 0 saturated carbocycles. The summed E-state index contributed by atoms with van der Waals surface area (Å²) in [5.74, 6) is 1.03. The zero-order valence-corrected chi connectivity index (χ0v) is 18.0. The SMILES string of the molecule is Cc1ccc(Cl)cc1C(=O)N1CCCC[C@H]1c1cn2nc(N3CCCC3)ccc2n1. The number of fused-ring (bicyclic) bond motifs is 1. The molecule has 2 saturated heterocycles. The highest BCUT2D eigenvalue weighted by molar-refractivity contribution is 6.31. The molecule has 0 aliphatic carbocycles. The van der Waals surface area contributed by atoms with E-state index in [1.165, 1.54) is 12.8 Å². The Kier molecular flexibility index (Phi) is 5.11. The van der Waals surface area contributed by atoms with Gasteiger partial charge in [-0.05, 0) is 68.9 Å². The maximum atomic E-state index is 13.4. The predicted octanol–water partition coefficient (Wildman–Crippen LogP) is 4.66. The van der Waals surface area contributed by atoms with E-state index < -0.39 is 0 Å². The van der Waals surface area contributed by atoms with Crippen LogP contribution in [0.2, 0.25) is 5.02 Å². The van der Waals surface area contributed by atoms with Crippen molar-refractivity contribution in [3.63, 3.8) is 0 Å². The van der Waals surface area contributed by atoms with Gasteiger partial charge in [0.25, 0.3) is 5.91 Å². The number of piperidine rings is 1. The molecule has 1 aromatic carbocycles. The number of imidazole rings is 1. The first-order valence-electron chi connectivity index (χ1n) is 10.8. The number of nitrogens with zero attached hydrogens (tertiary/aromatic N) is 5. The smallest absolute Gasteiger partial charge is 0.254 e. The van der Waals surface area contributed by atoms with Crippen LogP contribution in [0, 0.1) is 6.92 Å². The van der Waals surface area contributed by atoms with Crippen molar-refractivity contribution in [2.24, 2.45) is 0 Å². The van der Waals surface area contributed by atoms with E-state index in [1.807, 2.05) is 40.7 Å². The second-order valence-electron chi connectivity index (χ2n) is 8.32. The Balaban J connectivity index is 1.47. The third kappa shape index (κ3) is 3.54. The Hall–Kier alpha value is -2.60. The Labute approximate surface area is 181 Å². The number of carbonyl (C=O) groups is 1. The number of halogens is 1. The van der Waals surface area contributed by atoms with Crippen molar-refractivity contribution in [1.29, 1.82) is 0 Å². The molecule has 2 fully saturated rings. The quantitative estimate of drug-likeness (QED) is 0.614. The van der Waals surface area contributed by atoms with Gasteiger partial charge in [0.05, 0.1) is 17.9 Å². The Morgan fingerprint density at radius 3 is 2.70 bits per heavy atom. The maximum absolute atomic E-state index is 13.4. The highest BCUT2D eigenvalue weighted by Crippen LogP contribution is 2.33. The summed E-state index contributed by atoms with van der Waals surface area (Å²) in [6.07, 6.45) is 7.44. The third-order valence-corrected chi connectivity index (χ3v) is 6.52. The number of aryl methyl sites for hydroxylation is 1. The second kappa shape index (κ2) is 7.91. The lowest BCUT2D eigenvalue weighted by molar-refractivity contribution is 0.0606. The van der Waals surface area contributed by atoms with Crippen LogP contribution >= 0.6 is 11.6 Å². The van der Waals surface area contributed by atoms with Gasteiger partial charge in [0, 0.05) is 30.2 Å². The minimum atomic E-state index is -0.0402. The third-order valence-electron chi connectivity index (χ3n) is 6.29. The number of anilines is 1. The topological polar surface area (TPSA) is 53.7 Å². The van der Waals surface area contributed by atoms with E-state index >= 15 is 0 Å². The highest BCUT2D eigenvalue weighted by atomic mass is 35.5. The van der Waals surface area contributed by atoms with Crippen LogP contribution in [0.25, 0.3) is 5.65 Å². The van der Waals surface area contributed by atoms with Gasteiger partial charge in [-0.2, -0.15) is 0 Å². The summed E-state index contributed by atoms with van der Waals surface area (Å²) < 4.78 is 1.87. The van der Waals surface area contributed by atoms with Gasteiger partial charge in [-0.3, -0.25) is 4.79 Å². The summed E-state index contributed by atoms with van der Waals surface area (Å²) >= 11 is 6.18. The first-order chi connectivity index (χ1) is 14.6. The van der Waals surface area contributed by atoms with Gasteiger partial charge in [-0.1, -0.05) is 17.7 Å². The van der Waals surface area contributed by atoms with Crippen LogP contribution in [0.1, 0.15) is 59.8 Å². The molecule has 0 N–H and O–H groups in total. The summed E-state index contributed by atoms with van der Waals surface area (Å²) in [6.45, 7) is 4.81. The van der Waals surface area contributed by atoms with Crippen LogP contribution in [-0.2, 0) is 0 Å². The summed E-state index contributed by atoms with van der Waals surface area (Å²) in [6, 6.07) is 9.55. The largest absolute Gasteiger partial charge is 0.355 e. The van der Waals surface area contributed by atoms with Crippen molar-refractivity contribution in [3.8, 4) is 0 Å². The number of hydrogen-bond donors (Lipinski definition) is 0. The first-order valence-corrected chi connectivity index (χ1v) is 11.2. The van der Waals surface area contributed by atoms with E-state index in [2.05, 4.69) is 11.0 Å². The van der Waals surface area contributed by atoms with Gasteiger partial charge >= 0.3 is 0 Å². The number of likely N-dealkylation sites (tertiary alicyclic amines) is 1. The second-order valence-corrected chi connectivity index (χ2v) is 8.76. The average Bonchev–Trinajstić information content (AvgIpc) is 3.44. The van der Waals surface area contributed by atoms with Gasteiger partial charge in [0.15, 0.2) is 5.65 Å². The van der Waals surface area contributed by atoms with Crippen LogP contribution in [0.3, 0.4) is 0 Å². The van der Waals surface area contributed by atoms with E-state index in [1.54, 1.807) is 6.07 Å². The number of carbonyl (C=O) groups excluding carboxylic acids is 1. The highest BCUT2D eigenvalue weighted by Gasteiger charge is 2.31. The normalized spacial score (nSPS) is 19.6. The summed E-state index contributed by atoms with van der Waals surface area (Å²) in [7, 11) is 0. The minimum Gasteiger partial charge on any atom is -0.355 e. The van der Waals surface area contributed by atoms with Crippen LogP contribution < -0.4 is 4.90 Å². The molecule has 2 aliphatic heterocycles. The Bertz CT molecular complexity index is 1090. The molecule has 0 bridgehead atoms. The fraction of sp³-hybridized carbons (Fsp3) is 0.435. The lowest BCUT2D eigenvalue weighted by Gasteiger charge is -2.35. The van der Waals surface area contributed by atoms with Crippen molar-refractivity contribution >= 4 is 29.0 Å². The van der Waals surface area contributed by atoms with Crippen LogP contribution in [0.4, 0.5) is 5.82 Å². The van der Waals surface area contributed by atoms with Crippen molar-refractivity contribution in [2.45, 2.75) is 45.1 Å². The molecule has 2 aromatic heterocycles. The molecule has 5 rings (SSSR count). The van der Waals surface area contributed by atoms with E-state index in [-0.39, 0.29) is 11.9 Å². The number of hydrogen-bond acceptors (Lipinski definition) is 4.